The quantitative estimate of drug-likeness (QED) is 0.916. The summed E-state index contributed by atoms with van der Waals surface area (Å²) in [4.78, 5) is 11.0. The summed E-state index contributed by atoms with van der Waals surface area (Å²) in [6.07, 6.45) is 0. The van der Waals surface area contributed by atoms with E-state index in [1.165, 1.54) is 12.1 Å². The van der Waals surface area contributed by atoms with Gasteiger partial charge in [0.2, 0.25) is 0 Å². The second-order valence-corrected chi connectivity index (χ2v) is 4.21. The summed E-state index contributed by atoms with van der Waals surface area (Å²) in [5.41, 5.74) is 1.47. The average Bonchev–Trinajstić information content (AvgIpc) is 2.39. The molecule has 0 aliphatic rings. The number of benzene rings is 2. The zero-order valence-electron chi connectivity index (χ0n) is 10.4. The summed E-state index contributed by atoms with van der Waals surface area (Å²) in [5.74, 6) is -1.09. The van der Waals surface area contributed by atoms with Crippen LogP contribution < -0.4 is 4.74 Å². The molecule has 3 nitrogen and oxygen atoms in total. The highest BCUT2D eigenvalue weighted by atomic mass is 19.1. The predicted molar refractivity (Wildman–Crippen MR) is 68.9 cm³/mol. The van der Waals surface area contributed by atoms with E-state index in [9.17, 15) is 9.18 Å². The van der Waals surface area contributed by atoms with Gasteiger partial charge in [-0.3, -0.25) is 0 Å². The molecule has 2 aromatic rings. The van der Waals surface area contributed by atoms with Gasteiger partial charge in [0.05, 0.1) is 5.56 Å². The Morgan fingerprint density at radius 3 is 2.53 bits per heavy atom. The number of rotatable bonds is 4. The van der Waals surface area contributed by atoms with Crippen molar-refractivity contribution >= 4 is 5.97 Å². The molecule has 1 N–H and O–H groups in total. The smallest absolute Gasteiger partial charge is 0.336 e. The van der Waals surface area contributed by atoms with Crippen molar-refractivity contribution in [2.24, 2.45) is 0 Å². The van der Waals surface area contributed by atoms with Crippen LogP contribution in [0.1, 0.15) is 21.5 Å². The summed E-state index contributed by atoms with van der Waals surface area (Å²) in [6, 6.07) is 11.1. The lowest BCUT2D eigenvalue weighted by Gasteiger charge is -2.09. The Labute approximate surface area is 110 Å². The highest BCUT2D eigenvalue weighted by molar-refractivity contribution is 5.89. The van der Waals surface area contributed by atoms with Crippen LogP contribution in [0.2, 0.25) is 0 Å². The number of halogens is 1. The van der Waals surface area contributed by atoms with Crippen molar-refractivity contribution in [1.29, 1.82) is 0 Å². The van der Waals surface area contributed by atoms with Crippen molar-refractivity contribution in [2.75, 3.05) is 0 Å². The Morgan fingerprint density at radius 2 is 1.89 bits per heavy atom. The molecule has 0 saturated carbocycles. The van der Waals surface area contributed by atoms with Gasteiger partial charge in [0.25, 0.3) is 0 Å². The van der Waals surface area contributed by atoms with Gasteiger partial charge in [-0.1, -0.05) is 23.8 Å². The van der Waals surface area contributed by atoms with Gasteiger partial charge < -0.3 is 9.84 Å². The number of aromatic carboxylic acids is 1. The minimum Gasteiger partial charge on any atom is -0.489 e. The molecular formula is C15H13FO3. The van der Waals surface area contributed by atoms with E-state index >= 15 is 0 Å². The Balaban J connectivity index is 2.15. The van der Waals surface area contributed by atoms with Gasteiger partial charge in [-0.2, -0.15) is 0 Å². The first-order valence-corrected chi connectivity index (χ1v) is 5.77. The van der Waals surface area contributed by atoms with Crippen LogP contribution in [0, 0.1) is 12.7 Å². The number of aryl methyl sites for hydroxylation is 1. The molecule has 4 heteroatoms. The largest absolute Gasteiger partial charge is 0.489 e. The van der Waals surface area contributed by atoms with Gasteiger partial charge in [-0.15, -0.1) is 0 Å². The van der Waals surface area contributed by atoms with Gasteiger partial charge in [0.15, 0.2) is 0 Å². The van der Waals surface area contributed by atoms with E-state index in [2.05, 4.69) is 0 Å². The van der Waals surface area contributed by atoms with Crippen molar-refractivity contribution in [2.45, 2.75) is 13.5 Å². The van der Waals surface area contributed by atoms with Gasteiger partial charge >= 0.3 is 5.97 Å². The van der Waals surface area contributed by atoms with Gasteiger partial charge in [-0.25, -0.2) is 9.18 Å². The van der Waals surface area contributed by atoms with E-state index in [1.54, 1.807) is 12.1 Å². The van der Waals surface area contributed by atoms with E-state index in [4.69, 9.17) is 9.84 Å². The number of carboxylic acid groups (broad SMARTS) is 1. The molecule has 2 rings (SSSR count). The topological polar surface area (TPSA) is 46.5 Å². The van der Waals surface area contributed by atoms with Crippen LogP contribution in [-0.2, 0) is 6.61 Å². The highest BCUT2D eigenvalue weighted by Gasteiger charge is 2.11. The van der Waals surface area contributed by atoms with Crippen molar-refractivity contribution in [3.63, 3.8) is 0 Å². The van der Waals surface area contributed by atoms with E-state index in [0.717, 1.165) is 11.6 Å². The van der Waals surface area contributed by atoms with Gasteiger partial charge in [0.1, 0.15) is 18.2 Å². The van der Waals surface area contributed by atoms with E-state index in [0.29, 0.717) is 11.3 Å². The first-order chi connectivity index (χ1) is 9.06. The summed E-state index contributed by atoms with van der Waals surface area (Å²) in [7, 11) is 0. The first kappa shape index (κ1) is 13.1. The van der Waals surface area contributed by atoms with Crippen LogP contribution in [0.15, 0.2) is 42.5 Å². The van der Waals surface area contributed by atoms with Crippen molar-refractivity contribution in [3.05, 3.63) is 65.0 Å². The molecule has 0 spiro atoms. The minimum absolute atomic E-state index is 0.0767. The number of hydrogen-bond acceptors (Lipinski definition) is 2. The maximum absolute atomic E-state index is 13.0. The van der Waals surface area contributed by atoms with Crippen LogP contribution in [0.3, 0.4) is 0 Å². The molecule has 0 unspecified atom stereocenters. The first-order valence-electron chi connectivity index (χ1n) is 5.77. The number of hydrogen-bond donors (Lipinski definition) is 1. The summed E-state index contributed by atoms with van der Waals surface area (Å²) >= 11 is 0. The summed E-state index contributed by atoms with van der Waals surface area (Å²) < 4.78 is 18.5. The van der Waals surface area contributed by atoms with Gasteiger partial charge in [0, 0.05) is 5.56 Å². The van der Waals surface area contributed by atoms with Crippen LogP contribution in [0.5, 0.6) is 5.75 Å². The molecule has 98 valence electrons. The molecule has 0 aliphatic heterocycles. The molecule has 0 atom stereocenters. The highest BCUT2D eigenvalue weighted by Crippen LogP contribution is 2.17. The fourth-order valence-electron chi connectivity index (χ4n) is 1.67. The molecule has 0 amide bonds. The van der Waals surface area contributed by atoms with Crippen LogP contribution in [-0.4, -0.2) is 11.1 Å². The summed E-state index contributed by atoms with van der Waals surface area (Å²) in [5, 5.41) is 9.00. The molecule has 0 saturated heterocycles. The Bertz CT molecular complexity index is 591. The van der Waals surface area contributed by atoms with E-state index in [1.807, 2.05) is 19.1 Å². The van der Waals surface area contributed by atoms with Crippen molar-refractivity contribution in [1.82, 2.24) is 0 Å². The second kappa shape index (κ2) is 5.52. The van der Waals surface area contributed by atoms with Crippen molar-refractivity contribution < 1.29 is 19.0 Å². The molecule has 0 fully saturated rings. The Kier molecular flexibility index (Phi) is 3.80. The zero-order valence-corrected chi connectivity index (χ0v) is 10.4. The van der Waals surface area contributed by atoms with Crippen LogP contribution in [0.4, 0.5) is 4.39 Å². The molecule has 0 bridgehead atoms. The maximum Gasteiger partial charge on any atom is 0.336 e. The molecule has 0 heterocycles. The fourth-order valence-corrected chi connectivity index (χ4v) is 1.67. The van der Waals surface area contributed by atoms with Gasteiger partial charge in [-0.05, 0) is 31.2 Å². The fraction of sp³-hybridized carbons (Fsp3) is 0.133. The lowest BCUT2D eigenvalue weighted by molar-refractivity contribution is 0.0693. The molecule has 0 aliphatic carbocycles. The lowest BCUT2D eigenvalue weighted by atomic mass is 10.1. The predicted octanol–water partition coefficient (Wildman–Crippen LogP) is 3.41. The Hall–Kier alpha value is -2.36. The van der Waals surface area contributed by atoms with Crippen LogP contribution >= 0.6 is 0 Å². The summed E-state index contributed by atoms with van der Waals surface area (Å²) in [6.45, 7) is 2.05. The van der Waals surface area contributed by atoms with Crippen molar-refractivity contribution in [3.8, 4) is 5.75 Å². The zero-order chi connectivity index (χ0) is 13.8. The third-order valence-corrected chi connectivity index (χ3v) is 2.72. The Morgan fingerprint density at radius 1 is 1.21 bits per heavy atom. The third-order valence-electron chi connectivity index (χ3n) is 2.72. The average molecular weight is 260 g/mol. The molecule has 0 aromatic heterocycles. The monoisotopic (exact) mass is 260 g/mol. The molecule has 0 radical (unpaired) electrons. The number of carboxylic acids is 1. The van der Waals surface area contributed by atoms with E-state index in [-0.39, 0.29) is 12.2 Å². The third kappa shape index (κ3) is 3.31. The van der Waals surface area contributed by atoms with E-state index < -0.39 is 11.8 Å². The number of ether oxygens (including phenoxy) is 1. The SMILES string of the molecule is Cc1ccc(OCc2ccc(F)cc2C(=O)O)cc1. The maximum atomic E-state index is 13.0. The normalized spacial score (nSPS) is 10.2. The molecular weight excluding hydrogens is 247 g/mol. The molecule has 19 heavy (non-hydrogen) atoms. The number of carbonyl (C=O) groups is 1. The second-order valence-electron chi connectivity index (χ2n) is 4.21. The molecule has 2 aromatic carbocycles. The minimum atomic E-state index is -1.16. The van der Waals surface area contributed by atoms with Crippen LogP contribution in [0.25, 0.3) is 0 Å². The standard InChI is InChI=1S/C15H13FO3/c1-10-2-6-13(7-3-10)19-9-11-4-5-12(16)8-14(11)15(17)18/h2-8H,9H2,1H3,(H,17,18). The lowest BCUT2D eigenvalue weighted by Crippen LogP contribution is -2.06.